The molecule has 1 aromatic carbocycles. The minimum atomic E-state index is -3.58. The number of aliphatic hydroxyl groups is 1. The van der Waals surface area contributed by atoms with E-state index >= 15 is 0 Å². The number of hydrogen-bond donors (Lipinski definition) is 3. The van der Waals surface area contributed by atoms with Crippen LogP contribution in [0.15, 0.2) is 18.2 Å². The number of ether oxygens (including phenoxy) is 1. The minimum absolute atomic E-state index is 0.173. The molecule has 0 bridgehead atoms. The van der Waals surface area contributed by atoms with E-state index in [0.717, 1.165) is 6.04 Å². The number of aliphatic hydroxyl groups excluding tert-OH is 1. The number of rotatable bonds is 15. The smallest absolute Gasteiger partial charge is 0.324 e. The first-order valence-corrected chi connectivity index (χ1v) is 20.7. The van der Waals surface area contributed by atoms with Gasteiger partial charge in [-0.1, -0.05) is 25.7 Å². The molecule has 45 heavy (non-hydrogen) atoms. The normalized spacial score (nSPS) is 22.4. The molecule has 2 aromatic rings. The number of nitrogens with one attached hydrogen (secondary N) is 1. The van der Waals surface area contributed by atoms with Crippen LogP contribution in [0.3, 0.4) is 0 Å². The lowest BCUT2D eigenvalue weighted by molar-refractivity contribution is -0.150. The van der Waals surface area contributed by atoms with E-state index in [2.05, 4.69) is 19.6 Å². The van der Waals surface area contributed by atoms with Crippen LogP contribution in [0.1, 0.15) is 76.4 Å². The molecule has 1 heterocycles. The van der Waals surface area contributed by atoms with Crippen LogP contribution in [-0.2, 0) is 33.7 Å². The number of aromatic nitrogens is 2. The van der Waals surface area contributed by atoms with Gasteiger partial charge in [0.05, 0.1) is 26.8 Å². The Morgan fingerprint density at radius 3 is 2.53 bits per heavy atom. The molecular formula is C31H48F4N4O4SSi. The Bertz CT molecular complexity index is 1380. The molecule has 2 aliphatic rings. The number of carbonyl (C=O) groups excluding carboxylic acids is 1. The third-order valence-corrected chi connectivity index (χ3v) is 12.0. The van der Waals surface area contributed by atoms with Crippen LogP contribution >= 0.6 is 0 Å². The molecule has 2 unspecified atom stereocenters. The highest BCUT2D eigenvalue weighted by Crippen LogP contribution is 2.45. The topological polar surface area (TPSA) is 119 Å². The van der Waals surface area contributed by atoms with E-state index in [1.807, 2.05) is 9.88 Å². The summed E-state index contributed by atoms with van der Waals surface area (Å²) in [7, 11) is -3.06. The SMILES string of the molecule is CC(C)(CC1CC(F)(F)CCC1Cc1nc2cc([C@@H](O)NC(=O)C(F)(F)CC3CC3)ccc2n1COCC[Si](C)(C)C)[S@](N)=O. The summed E-state index contributed by atoms with van der Waals surface area (Å²) in [6.45, 7) is 10.9. The van der Waals surface area contributed by atoms with Crippen molar-refractivity contribution < 1.29 is 36.4 Å². The lowest BCUT2D eigenvalue weighted by Gasteiger charge is -2.39. The monoisotopic (exact) mass is 676 g/mol. The first kappa shape index (κ1) is 36.0. The Morgan fingerprint density at radius 1 is 1.22 bits per heavy atom. The first-order chi connectivity index (χ1) is 20.8. The van der Waals surface area contributed by atoms with Crippen LogP contribution in [0.4, 0.5) is 17.6 Å². The number of alkyl halides is 4. The van der Waals surface area contributed by atoms with Crippen molar-refractivity contribution in [1.82, 2.24) is 14.9 Å². The molecule has 8 nitrogen and oxygen atoms in total. The van der Waals surface area contributed by atoms with Crippen molar-refractivity contribution >= 4 is 36.0 Å². The second-order valence-corrected chi connectivity index (χ2v) is 22.2. The summed E-state index contributed by atoms with van der Waals surface area (Å²) in [5, 5.41) is 18.4. The maximum atomic E-state index is 14.6. The fourth-order valence-corrected chi connectivity index (χ4v) is 7.17. The van der Waals surface area contributed by atoms with E-state index in [-0.39, 0.29) is 49.8 Å². The van der Waals surface area contributed by atoms with E-state index in [4.69, 9.17) is 14.9 Å². The molecular weight excluding hydrogens is 629 g/mol. The van der Waals surface area contributed by atoms with Gasteiger partial charge < -0.3 is 19.7 Å². The molecule has 1 aromatic heterocycles. The van der Waals surface area contributed by atoms with Gasteiger partial charge in [0.1, 0.15) is 12.6 Å². The molecule has 14 heteroatoms. The molecule has 0 aliphatic heterocycles. The number of imidazole rings is 1. The highest BCUT2D eigenvalue weighted by Gasteiger charge is 2.45. The number of nitrogens with zero attached hydrogens (tertiary/aromatic N) is 2. The molecule has 1 amide bonds. The van der Waals surface area contributed by atoms with Crippen molar-refractivity contribution in [3.8, 4) is 0 Å². The third kappa shape index (κ3) is 9.82. The molecule has 0 saturated heterocycles. The summed E-state index contributed by atoms with van der Waals surface area (Å²) in [5.41, 5.74) is 1.31. The van der Waals surface area contributed by atoms with Crippen molar-refractivity contribution in [2.75, 3.05) is 6.61 Å². The number of halogens is 4. The Balaban J connectivity index is 1.60. The van der Waals surface area contributed by atoms with Gasteiger partial charge in [-0.15, -0.1) is 0 Å². The molecule has 2 fully saturated rings. The number of carbonyl (C=O) groups is 1. The fourth-order valence-electron chi connectivity index (χ4n) is 6.03. The molecule has 2 aliphatic carbocycles. The summed E-state index contributed by atoms with van der Waals surface area (Å²) >= 11 is 0. The Morgan fingerprint density at radius 2 is 1.91 bits per heavy atom. The van der Waals surface area contributed by atoms with Crippen molar-refractivity contribution in [2.24, 2.45) is 22.9 Å². The van der Waals surface area contributed by atoms with Gasteiger partial charge in [0.15, 0.2) is 6.23 Å². The van der Waals surface area contributed by atoms with Gasteiger partial charge in [0, 0.05) is 45.9 Å². The standard InChI is InChI=1S/C31H48F4N4O4SSi/c1-29(2,44(36)42)17-23-18-30(32,33)11-10-21(23)15-26-37-24-14-22(27(40)38-28(41)31(34,35)16-20-6-7-20)8-9-25(24)39(26)19-43-12-13-45(3,4)5/h8-9,14,20-21,23,27,40H,6-7,10-13,15-19,36H2,1-5H3,(H,38,41)/t21?,23?,27-,44-/m1/s1. The molecule has 254 valence electrons. The molecule has 0 spiro atoms. The van der Waals surface area contributed by atoms with Crippen LogP contribution < -0.4 is 10.5 Å². The maximum absolute atomic E-state index is 14.6. The van der Waals surface area contributed by atoms with Gasteiger partial charge in [0.25, 0.3) is 5.91 Å². The fraction of sp³-hybridized carbons (Fsp3) is 0.742. The largest absolute Gasteiger partial charge is 0.369 e. The number of benzene rings is 1. The number of fused-ring (bicyclic) bond motifs is 1. The lowest BCUT2D eigenvalue weighted by atomic mass is 9.72. The molecule has 4 N–H and O–H groups in total. The van der Waals surface area contributed by atoms with Gasteiger partial charge in [0.2, 0.25) is 5.92 Å². The van der Waals surface area contributed by atoms with Gasteiger partial charge in [-0.25, -0.2) is 18.0 Å². The van der Waals surface area contributed by atoms with E-state index in [1.165, 1.54) is 6.07 Å². The maximum Gasteiger partial charge on any atom is 0.324 e. The second kappa shape index (κ2) is 13.7. The molecule has 4 rings (SSSR count). The van der Waals surface area contributed by atoms with Gasteiger partial charge in [-0.3, -0.25) is 9.93 Å². The number of amides is 1. The summed E-state index contributed by atoms with van der Waals surface area (Å²) < 4.78 is 77.2. The third-order valence-electron chi connectivity index (χ3n) is 9.08. The number of hydrogen-bond acceptors (Lipinski definition) is 5. The quantitative estimate of drug-likeness (QED) is 0.0889. The summed E-state index contributed by atoms with van der Waals surface area (Å²) in [6, 6.07) is 5.71. The molecule has 4 atom stereocenters. The average molecular weight is 677 g/mol. The van der Waals surface area contributed by atoms with E-state index in [1.54, 1.807) is 26.0 Å². The zero-order valence-corrected chi connectivity index (χ0v) is 28.7. The lowest BCUT2D eigenvalue weighted by Crippen LogP contribution is -2.42. The highest BCUT2D eigenvalue weighted by atomic mass is 32.2. The zero-order chi connectivity index (χ0) is 33.4. The summed E-state index contributed by atoms with van der Waals surface area (Å²) in [4.78, 5) is 17.1. The Kier molecular flexibility index (Phi) is 10.9. The molecule has 2 saturated carbocycles. The Labute approximate surface area is 266 Å². The number of nitrogens with two attached hydrogens (primary N) is 1. The van der Waals surface area contributed by atoms with Gasteiger partial charge >= 0.3 is 5.92 Å². The van der Waals surface area contributed by atoms with Crippen molar-refractivity contribution in [1.29, 1.82) is 0 Å². The predicted molar refractivity (Wildman–Crippen MR) is 170 cm³/mol. The van der Waals surface area contributed by atoms with Crippen molar-refractivity contribution in [3.05, 3.63) is 29.6 Å². The minimum Gasteiger partial charge on any atom is -0.369 e. The molecule has 0 radical (unpaired) electrons. The highest BCUT2D eigenvalue weighted by molar-refractivity contribution is 7.84. The second-order valence-electron chi connectivity index (χ2n) is 14.9. The van der Waals surface area contributed by atoms with Crippen LogP contribution in [0.5, 0.6) is 0 Å². The van der Waals surface area contributed by atoms with E-state index in [9.17, 15) is 31.7 Å². The van der Waals surface area contributed by atoms with Crippen molar-refractivity contribution in [3.63, 3.8) is 0 Å². The van der Waals surface area contributed by atoms with Crippen LogP contribution in [0.2, 0.25) is 25.7 Å². The zero-order valence-electron chi connectivity index (χ0n) is 26.9. The van der Waals surface area contributed by atoms with Crippen LogP contribution in [-0.4, -0.2) is 56.0 Å². The van der Waals surface area contributed by atoms with Crippen molar-refractivity contribution in [2.45, 2.75) is 120 Å². The Hall–Kier alpha value is -1.87. The predicted octanol–water partition coefficient (Wildman–Crippen LogP) is 6.28. The van der Waals surface area contributed by atoms with E-state index < -0.39 is 60.1 Å². The van der Waals surface area contributed by atoms with Crippen LogP contribution in [0, 0.1) is 17.8 Å². The average Bonchev–Trinajstić information content (AvgIpc) is 3.65. The summed E-state index contributed by atoms with van der Waals surface area (Å²) in [6.07, 6.45) is -0.559. The van der Waals surface area contributed by atoms with Crippen LogP contribution in [0.25, 0.3) is 11.0 Å². The van der Waals surface area contributed by atoms with Gasteiger partial charge in [-0.05, 0) is 75.5 Å². The first-order valence-electron chi connectivity index (χ1n) is 15.7. The summed E-state index contributed by atoms with van der Waals surface area (Å²) in [5.74, 6) is -8.11. The van der Waals surface area contributed by atoms with Gasteiger partial charge in [-0.2, -0.15) is 8.78 Å². The van der Waals surface area contributed by atoms with E-state index in [0.29, 0.717) is 42.7 Å².